The van der Waals surface area contributed by atoms with Crippen LogP contribution in [0.5, 0.6) is 0 Å². The van der Waals surface area contributed by atoms with Crippen molar-refractivity contribution in [2.75, 3.05) is 0 Å². The highest BCUT2D eigenvalue weighted by molar-refractivity contribution is 7.26. The minimum Gasteiger partial charge on any atom is -0.208 e. The summed E-state index contributed by atoms with van der Waals surface area (Å²) in [6, 6.07) is 66.8. The molecule has 0 radical (unpaired) electrons. The van der Waals surface area contributed by atoms with Crippen molar-refractivity contribution in [1.82, 2.24) is 15.0 Å². The molecule has 8 aromatic carbocycles. The normalized spacial score (nSPS) is 11.6. The molecule has 0 bridgehead atoms. The van der Waals surface area contributed by atoms with E-state index in [0.717, 1.165) is 27.8 Å². The molecule has 3 heterocycles. The first-order valence-corrected chi connectivity index (χ1v) is 20.3. The Morgan fingerprint density at radius 2 is 0.804 bits per heavy atom. The van der Waals surface area contributed by atoms with Crippen LogP contribution < -0.4 is 0 Å². The van der Waals surface area contributed by atoms with E-state index in [9.17, 15) is 0 Å². The van der Waals surface area contributed by atoms with E-state index in [1.165, 1.54) is 62.6 Å². The number of nitrogens with zero attached hydrogens (tertiary/aromatic N) is 3. The third kappa shape index (κ3) is 5.68. The average Bonchev–Trinajstić information content (AvgIpc) is 3.85. The van der Waals surface area contributed by atoms with Gasteiger partial charge in [-0.2, -0.15) is 0 Å². The molecule has 11 aromatic rings. The number of thiophene rings is 2. The van der Waals surface area contributed by atoms with Crippen molar-refractivity contribution in [3.05, 3.63) is 188 Å². The van der Waals surface area contributed by atoms with Crippen molar-refractivity contribution in [2.45, 2.75) is 0 Å². The minimum atomic E-state index is 0.644. The van der Waals surface area contributed by atoms with Crippen LogP contribution in [-0.4, -0.2) is 15.0 Å². The first kappa shape index (κ1) is 32.6. The minimum absolute atomic E-state index is 0.644. The van der Waals surface area contributed by atoms with Crippen LogP contribution in [0.15, 0.2) is 188 Å². The van der Waals surface area contributed by atoms with Gasteiger partial charge in [-0.15, -0.1) is 22.7 Å². The highest BCUT2D eigenvalue weighted by Crippen LogP contribution is 2.44. The van der Waals surface area contributed by atoms with E-state index in [2.05, 4.69) is 182 Å². The lowest BCUT2D eigenvalue weighted by Crippen LogP contribution is -2.00. The summed E-state index contributed by atoms with van der Waals surface area (Å²) in [6.07, 6.45) is 0. The molecule has 0 amide bonds. The average molecular weight is 750 g/mol. The second-order valence-corrected chi connectivity index (χ2v) is 16.1. The molecular formula is C51H31N3S2. The lowest BCUT2D eigenvalue weighted by atomic mass is 9.97. The zero-order valence-electron chi connectivity index (χ0n) is 30.1. The van der Waals surface area contributed by atoms with Gasteiger partial charge in [0.15, 0.2) is 17.5 Å². The predicted octanol–water partition coefficient (Wildman–Crippen LogP) is 14.6. The number of fused-ring (bicyclic) bond motifs is 6. The fourth-order valence-corrected chi connectivity index (χ4v) is 10.2. The van der Waals surface area contributed by atoms with E-state index in [1.54, 1.807) is 11.3 Å². The molecule has 11 rings (SSSR count). The summed E-state index contributed by atoms with van der Waals surface area (Å²) in [4.78, 5) is 15.5. The highest BCUT2D eigenvalue weighted by atomic mass is 32.1. The Morgan fingerprint density at radius 1 is 0.286 bits per heavy atom. The molecule has 5 heteroatoms. The SMILES string of the molecule is c1ccc(-c2ccc(-c3nc(-c4cccc(-c5cccc6c5sc5cccc(-c7ccccc7)c56)c4)nc(-c4ccc5c(c4)sc4ccccc45)n3)cc2)cc1. The van der Waals surface area contributed by atoms with Gasteiger partial charge in [0, 0.05) is 57.0 Å². The van der Waals surface area contributed by atoms with Crippen LogP contribution in [0.2, 0.25) is 0 Å². The number of aromatic nitrogens is 3. The summed E-state index contributed by atoms with van der Waals surface area (Å²) < 4.78 is 5.05. The zero-order chi connectivity index (χ0) is 37.0. The summed E-state index contributed by atoms with van der Waals surface area (Å²) in [5.74, 6) is 1.94. The fraction of sp³-hybridized carbons (Fsp3) is 0. The topological polar surface area (TPSA) is 38.7 Å². The fourth-order valence-electron chi connectivity index (χ4n) is 7.83. The lowest BCUT2D eigenvalue weighted by molar-refractivity contribution is 1.07. The zero-order valence-corrected chi connectivity index (χ0v) is 31.7. The van der Waals surface area contributed by atoms with Gasteiger partial charge in [-0.3, -0.25) is 0 Å². The third-order valence-corrected chi connectivity index (χ3v) is 12.9. The maximum atomic E-state index is 5.19. The number of rotatable bonds is 6. The molecule has 0 N–H and O–H groups in total. The maximum absolute atomic E-state index is 5.19. The molecule has 0 atom stereocenters. The third-order valence-electron chi connectivity index (χ3n) is 10.6. The molecule has 0 spiro atoms. The smallest absolute Gasteiger partial charge is 0.164 e. The Labute approximate surface area is 331 Å². The van der Waals surface area contributed by atoms with Crippen molar-refractivity contribution >= 4 is 63.0 Å². The largest absolute Gasteiger partial charge is 0.208 e. The lowest BCUT2D eigenvalue weighted by Gasteiger charge is -2.11. The molecule has 3 aromatic heterocycles. The summed E-state index contributed by atoms with van der Waals surface area (Å²) in [5.41, 5.74) is 10.00. The van der Waals surface area contributed by atoms with Crippen molar-refractivity contribution in [3.8, 4) is 67.5 Å². The van der Waals surface area contributed by atoms with Crippen molar-refractivity contribution in [3.63, 3.8) is 0 Å². The van der Waals surface area contributed by atoms with Crippen molar-refractivity contribution < 1.29 is 0 Å². The van der Waals surface area contributed by atoms with Gasteiger partial charge in [-0.1, -0.05) is 164 Å². The van der Waals surface area contributed by atoms with Crippen LogP contribution in [0.25, 0.3) is 108 Å². The Morgan fingerprint density at radius 3 is 1.61 bits per heavy atom. The first-order valence-electron chi connectivity index (χ1n) is 18.7. The maximum Gasteiger partial charge on any atom is 0.164 e. The van der Waals surface area contributed by atoms with Crippen LogP contribution in [0, 0.1) is 0 Å². The van der Waals surface area contributed by atoms with Crippen molar-refractivity contribution in [1.29, 1.82) is 0 Å². The Balaban J connectivity index is 1.05. The molecule has 56 heavy (non-hydrogen) atoms. The Hall–Kier alpha value is -6.79. The summed E-state index contributed by atoms with van der Waals surface area (Å²) in [6.45, 7) is 0. The molecule has 0 fully saturated rings. The van der Waals surface area contributed by atoms with E-state index in [4.69, 9.17) is 15.0 Å². The molecule has 0 saturated heterocycles. The van der Waals surface area contributed by atoms with Gasteiger partial charge in [0.2, 0.25) is 0 Å². The monoisotopic (exact) mass is 749 g/mol. The second kappa shape index (κ2) is 13.5. The van der Waals surface area contributed by atoms with Gasteiger partial charge in [-0.25, -0.2) is 15.0 Å². The highest BCUT2D eigenvalue weighted by Gasteiger charge is 2.17. The summed E-state index contributed by atoms with van der Waals surface area (Å²) in [7, 11) is 0. The Kier molecular flexibility index (Phi) is 7.87. The molecule has 0 aliphatic carbocycles. The molecule has 0 aliphatic heterocycles. The number of benzene rings is 8. The van der Waals surface area contributed by atoms with Gasteiger partial charge in [-0.05, 0) is 57.6 Å². The second-order valence-electron chi connectivity index (χ2n) is 14.0. The molecular weight excluding hydrogens is 719 g/mol. The van der Waals surface area contributed by atoms with Gasteiger partial charge >= 0.3 is 0 Å². The standard InChI is InChI=1S/C51H31N3S2/c1-3-12-32(13-4-1)33-24-26-35(27-25-33)49-52-50(54-51(53-49)38-28-29-42-41-18-7-8-22-44(41)55-46(42)31-38)37-17-9-16-36(30-37)40-20-10-21-43-47-39(34-14-5-2-6-15-34)19-11-23-45(47)56-48(40)43/h1-31H. The van der Waals surface area contributed by atoms with Crippen LogP contribution in [0.4, 0.5) is 0 Å². The van der Waals surface area contributed by atoms with E-state index in [0.29, 0.717) is 17.5 Å². The van der Waals surface area contributed by atoms with Crippen LogP contribution >= 0.6 is 22.7 Å². The molecule has 3 nitrogen and oxygen atoms in total. The van der Waals surface area contributed by atoms with Crippen LogP contribution in [0.3, 0.4) is 0 Å². The van der Waals surface area contributed by atoms with E-state index in [1.807, 2.05) is 17.4 Å². The van der Waals surface area contributed by atoms with Crippen LogP contribution in [0.1, 0.15) is 0 Å². The summed E-state index contributed by atoms with van der Waals surface area (Å²) >= 11 is 3.66. The Bertz CT molecular complexity index is 3240. The molecule has 0 aliphatic rings. The number of hydrogen-bond donors (Lipinski definition) is 0. The van der Waals surface area contributed by atoms with Crippen LogP contribution in [-0.2, 0) is 0 Å². The number of hydrogen-bond acceptors (Lipinski definition) is 5. The van der Waals surface area contributed by atoms with Gasteiger partial charge in [0.05, 0.1) is 0 Å². The van der Waals surface area contributed by atoms with E-state index in [-0.39, 0.29) is 0 Å². The molecule has 0 saturated carbocycles. The van der Waals surface area contributed by atoms with Gasteiger partial charge < -0.3 is 0 Å². The van der Waals surface area contributed by atoms with E-state index >= 15 is 0 Å². The summed E-state index contributed by atoms with van der Waals surface area (Å²) in [5, 5.41) is 5.10. The molecule has 0 unspecified atom stereocenters. The quantitative estimate of drug-likeness (QED) is 0.170. The van der Waals surface area contributed by atoms with Gasteiger partial charge in [0.1, 0.15) is 0 Å². The predicted molar refractivity (Wildman–Crippen MR) is 238 cm³/mol. The first-order chi connectivity index (χ1) is 27.7. The van der Waals surface area contributed by atoms with E-state index < -0.39 is 0 Å². The van der Waals surface area contributed by atoms with Gasteiger partial charge in [0.25, 0.3) is 0 Å². The van der Waals surface area contributed by atoms with Crippen molar-refractivity contribution in [2.24, 2.45) is 0 Å². The molecule has 262 valence electrons.